The van der Waals surface area contributed by atoms with Crippen LogP contribution in [0.5, 0.6) is 0 Å². The van der Waals surface area contributed by atoms with Crippen LogP contribution in [0.1, 0.15) is 48.8 Å². The first-order valence-corrected chi connectivity index (χ1v) is 8.62. The number of nitrogens with zero attached hydrogens (tertiary/aromatic N) is 2. The zero-order chi connectivity index (χ0) is 15.4. The van der Waals surface area contributed by atoms with Crippen LogP contribution in [0.15, 0.2) is 24.3 Å². The fourth-order valence-corrected chi connectivity index (χ4v) is 3.08. The molecule has 0 aliphatic carbocycles. The van der Waals surface area contributed by atoms with Crippen molar-refractivity contribution in [3.05, 3.63) is 50.4 Å². The molecule has 0 radical (unpaired) electrons. The molecule has 1 aromatic carbocycles. The molecule has 0 aliphatic rings. The maximum Gasteiger partial charge on any atom is 0.0662 e. The molecule has 2 rings (SSSR count). The first-order chi connectivity index (χ1) is 10.0. The molecule has 0 bridgehead atoms. The summed E-state index contributed by atoms with van der Waals surface area (Å²) in [4.78, 5) is 0. The predicted octanol–water partition coefficient (Wildman–Crippen LogP) is 4.21. The van der Waals surface area contributed by atoms with Crippen LogP contribution in [-0.4, -0.2) is 16.3 Å². The molecule has 1 aromatic heterocycles. The summed E-state index contributed by atoms with van der Waals surface area (Å²) in [5.41, 5.74) is 5.03. The smallest absolute Gasteiger partial charge is 0.0662 e. The monoisotopic (exact) mass is 397 g/mol. The van der Waals surface area contributed by atoms with Gasteiger partial charge in [0.25, 0.3) is 0 Å². The van der Waals surface area contributed by atoms with Gasteiger partial charge in [-0.2, -0.15) is 5.10 Å². The Morgan fingerprint density at radius 2 is 1.90 bits per heavy atom. The van der Waals surface area contributed by atoms with Crippen molar-refractivity contribution in [1.82, 2.24) is 15.1 Å². The van der Waals surface area contributed by atoms with Crippen molar-refractivity contribution < 1.29 is 0 Å². The van der Waals surface area contributed by atoms with Gasteiger partial charge in [0, 0.05) is 20.9 Å². The van der Waals surface area contributed by atoms with E-state index in [4.69, 9.17) is 5.10 Å². The number of aromatic nitrogens is 2. The second-order valence-electron chi connectivity index (χ2n) is 5.54. The summed E-state index contributed by atoms with van der Waals surface area (Å²) in [6, 6.07) is 9.00. The van der Waals surface area contributed by atoms with Crippen molar-refractivity contribution in [2.75, 3.05) is 6.54 Å². The van der Waals surface area contributed by atoms with E-state index in [0.29, 0.717) is 6.04 Å². The van der Waals surface area contributed by atoms with Crippen molar-refractivity contribution in [3.63, 3.8) is 0 Å². The average molecular weight is 397 g/mol. The molecular formula is C17H24IN3. The van der Waals surface area contributed by atoms with Crippen LogP contribution in [0.3, 0.4) is 0 Å². The van der Waals surface area contributed by atoms with Crippen molar-refractivity contribution >= 4 is 22.6 Å². The Labute approximate surface area is 141 Å². The normalized spacial score (nSPS) is 12.6. The van der Waals surface area contributed by atoms with E-state index in [2.05, 4.69) is 84.5 Å². The van der Waals surface area contributed by atoms with Gasteiger partial charge in [-0.3, -0.25) is 4.68 Å². The second kappa shape index (κ2) is 7.40. The lowest BCUT2D eigenvalue weighted by Gasteiger charge is -2.14. The van der Waals surface area contributed by atoms with Crippen molar-refractivity contribution in [1.29, 1.82) is 0 Å². The molecule has 3 nitrogen and oxygen atoms in total. The highest BCUT2D eigenvalue weighted by Gasteiger charge is 2.16. The first kappa shape index (κ1) is 16.5. The largest absolute Gasteiger partial charge is 0.310 e. The zero-order valence-corrected chi connectivity index (χ0v) is 15.4. The fourth-order valence-electron chi connectivity index (χ4n) is 2.72. The van der Waals surface area contributed by atoms with Crippen molar-refractivity contribution in [3.8, 4) is 0 Å². The lowest BCUT2D eigenvalue weighted by atomic mass is 10.1. The van der Waals surface area contributed by atoms with Crippen LogP contribution in [0.4, 0.5) is 0 Å². The van der Waals surface area contributed by atoms with E-state index in [1.807, 2.05) is 0 Å². The SMILES string of the molecule is CCCNC(C)c1c(C)nn(Cc2ccc(I)cc2)c1C. The van der Waals surface area contributed by atoms with Gasteiger partial charge in [0.2, 0.25) is 0 Å². The van der Waals surface area contributed by atoms with Crippen LogP contribution < -0.4 is 5.32 Å². The Bertz CT molecular complexity index is 587. The van der Waals surface area contributed by atoms with Gasteiger partial charge < -0.3 is 5.32 Å². The van der Waals surface area contributed by atoms with Gasteiger partial charge in [0.15, 0.2) is 0 Å². The van der Waals surface area contributed by atoms with Crippen LogP contribution in [-0.2, 0) is 6.54 Å². The Morgan fingerprint density at radius 3 is 2.52 bits per heavy atom. The number of aryl methyl sites for hydroxylation is 1. The summed E-state index contributed by atoms with van der Waals surface area (Å²) in [5, 5.41) is 8.29. The van der Waals surface area contributed by atoms with Gasteiger partial charge in [0.05, 0.1) is 12.2 Å². The van der Waals surface area contributed by atoms with E-state index in [0.717, 1.165) is 25.2 Å². The molecule has 0 amide bonds. The van der Waals surface area contributed by atoms with E-state index in [9.17, 15) is 0 Å². The minimum atomic E-state index is 0.357. The molecule has 0 aliphatic heterocycles. The molecule has 1 atom stereocenters. The van der Waals surface area contributed by atoms with Crippen molar-refractivity contribution in [2.24, 2.45) is 0 Å². The summed E-state index contributed by atoms with van der Waals surface area (Å²) in [7, 11) is 0. The van der Waals surface area contributed by atoms with Gasteiger partial charge >= 0.3 is 0 Å². The predicted molar refractivity (Wildman–Crippen MR) is 96.7 cm³/mol. The number of nitrogens with one attached hydrogen (secondary N) is 1. The maximum absolute atomic E-state index is 4.73. The minimum absolute atomic E-state index is 0.357. The van der Waals surface area contributed by atoms with Crippen LogP contribution in [0.25, 0.3) is 0 Å². The lowest BCUT2D eigenvalue weighted by molar-refractivity contribution is 0.564. The third kappa shape index (κ3) is 4.07. The minimum Gasteiger partial charge on any atom is -0.310 e. The third-order valence-electron chi connectivity index (χ3n) is 3.82. The number of halogens is 1. The van der Waals surface area contributed by atoms with E-state index < -0.39 is 0 Å². The van der Waals surface area contributed by atoms with Crippen LogP contribution in [0, 0.1) is 17.4 Å². The Hall–Kier alpha value is -0.880. The Morgan fingerprint density at radius 1 is 1.24 bits per heavy atom. The Balaban J connectivity index is 2.20. The van der Waals surface area contributed by atoms with E-state index >= 15 is 0 Å². The maximum atomic E-state index is 4.73. The molecule has 0 spiro atoms. The number of hydrogen-bond donors (Lipinski definition) is 1. The standard InChI is InChI=1S/C17H24IN3/c1-5-10-19-12(2)17-13(3)20-21(14(17)4)11-15-6-8-16(18)9-7-15/h6-9,12,19H,5,10-11H2,1-4H3. The fraction of sp³-hybridized carbons (Fsp3) is 0.471. The highest BCUT2D eigenvalue weighted by molar-refractivity contribution is 14.1. The highest BCUT2D eigenvalue weighted by atomic mass is 127. The molecule has 0 saturated heterocycles. The van der Waals surface area contributed by atoms with Gasteiger partial charge in [-0.1, -0.05) is 19.1 Å². The summed E-state index contributed by atoms with van der Waals surface area (Å²) < 4.78 is 3.39. The molecule has 1 N–H and O–H groups in total. The molecule has 4 heteroatoms. The summed E-state index contributed by atoms with van der Waals surface area (Å²) in [6.45, 7) is 10.6. The first-order valence-electron chi connectivity index (χ1n) is 7.54. The molecule has 114 valence electrons. The number of rotatable bonds is 6. The van der Waals surface area contributed by atoms with Gasteiger partial charge in [-0.05, 0) is 74.0 Å². The topological polar surface area (TPSA) is 29.9 Å². The third-order valence-corrected chi connectivity index (χ3v) is 4.54. The number of hydrogen-bond acceptors (Lipinski definition) is 2. The number of benzene rings is 1. The van der Waals surface area contributed by atoms with E-state index in [-0.39, 0.29) is 0 Å². The van der Waals surface area contributed by atoms with Crippen LogP contribution in [0.2, 0.25) is 0 Å². The van der Waals surface area contributed by atoms with E-state index in [1.54, 1.807) is 0 Å². The van der Waals surface area contributed by atoms with Crippen LogP contribution >= 0.6 is 22.6 Å². The van der Waals surface area contributed by atoms with Crippen molar-refractivity contribution in [2.45, 2.75) is 46.7 Å². The molecule has 0 saturated carbocycles. The molecule has 21 heavy (non-hydrogen) atoms. The van der Waals surface area contributed by atoms with Gasteiger partial charge in [-0.15, -0.1) is 0 Å². The van der Waals surface area contributed by atoms with Gasteiger partial charge in [-0.25, -0.2) is 0 Å². The molecule has 2 aromatic rings. The Kier molecular flexibility index (Phi) is 5.81. The molecular weight excluding hydrogens is 373 g/mol. The molecule has 1 heterocycles. The van der Waals surface area contributed by atoms with Gasteiger partial charge in [0.1, 0.15) is 0 Å². The lowest BCUT2D eigenvalue weighted by Crippen LogP contribution is -2.20. The highest BCUT2D eigenvalue weighted by Crippen LogP contribution is 2.22. The second-order valence-corrected chi connectivity index (χ2v) is 6.79. The summed E-state index contributed by atoms with van der Waals surface area (Å²) >= 11 is 2.33. The van der Waals surface area contributed by atoms with E-state index in [1.165, 1.54) is 20.4 Å². The summed E-state index contributed by atoms with van der Waals surface area (Å²) in [6.07, 6.45) is 1.15. The quantitative estimate of drug-likeness (QED) is 0.740. The average Bonchev–Trinajstić information content (AvgIpc) is 2.73. The molecule has 1 unspecified atom stereocenters. The molecule has 0 fully saturated rings. The summed E-state index contributed by atoms with van der Waals surface area (Å²) in [5.74, 6) is 0. The zero-order valence-electron chi connectivity index (χ0n) is 13.3.